The zero-order valence-corrected chi connectivity index (χ0v) is 31.2. The number of nitrogens with zero attached hydrogens (tertiary/aromatic N) is 1. The molecule has 0 amide bonds. The van der Waals surface area contributed by atoms with Gasteiger partial charge in [-0.15, -0.1) is 0 Å². The number of fused-ring (bicyclic) bond motifs is 15. The Balaban J connectivity index is 1.16. The highest BCUT2D eigenvalue weighted by Gasteiger charge is 2.38. The zero-order valence-electron chi connectivity index (χ0n) is 31.2. The Morgan fingerprint density at radius 2 is 0.836 bits per heavy atom. The van der Waals surface area contributed by atoms with Gasteiger partial charge < -0.3 is 13.7 Å². The number of furan rings is 2. The lowest BCUT2D eigenvalue weighted by atomic mass is 9.82. The number of hydrogen-bond donors (Lipinski definition) is 0. The first-order valence-corrected chi connectivity index (χ1v) is 19.3. The van der Waals surface area contributed by atoms with Crippen LogP contribution in [0.15, 0.2) is 160 Å². The molecule has 0 bridgehead atoms. The number of benzene rings is 8. The highest BCUT2D eigenvalue weighted by atomic mass is 16.3. The Hall–Kier alpha value is -6.58. The smallest absolute Gasteiger partial charge is 0.138 e. The van der Waals surface area contributed by atoms with Crippen molar-refractivity contribution in [3.8, 4) is 22.3 Å². The third-order valence-electron chi connectivity index (χ3n) is 12.9. The fourth-order valence-corrected chi connectivity index (χ4v) is 10.2. The van der Waals surface area contributed by atoms with E-state index in [4.69, 9.17) is 8.83 Å². The standard InChI is InChI=1S/C52H37NO2/c1-51(2)39-18-10-7-13-32(39)34-23-21-30(27-41(34)51)53(31-22-24-35-33-14-8-11-19-40(33)52(3,4)42(35)28-31)43-29-47-48(37-16-6-5-15-36(37)43)50-46(55-47)26-25-45-49(50)38-17-9-12-20-44(38)54-45/h5-29H,1-4H3. The van der Waals surface area contributed by atoms with Crippen LogP contribution in [-0.4, -0.2) is 0 Å². The summed E-state index contributed by atoms with van der Waals surface area (Å²) in [5, 5.41) is 6.72. The number of rotatable bonds is 3. The highest BCUT2D eigenvalue weighted by molar-refractivity contribution is 6.32. The van der Waals surface area contributed by atoms with Gasteiger partial charge in [-0.25, -0.2) is 0 Å². The lowest BCUT2D eigenvalue weighted by molar-refractivity contribution is 0.660. The zero-order chi connectivity index (χ0) is 36.8. The van der Waals surface area contributed by atoms with Crippen LogP contribution in [0, 0.1) is 0 Å². The molecule has 0 radical (unpaired) electrons. The Labute approximate surface area is 319 Å². The van der Waals surface area contributed by atoms with Gasteiger partial charge in [-0.2, -0.15) is 0 Å². The summed E-state index contributed by atoms with van der Waals surface area (Å²) in [6.07, 6.45) is 0. The van der Waals surface area contributed by atoms with E-state index in [0.717, 1.165) is 71.7 Å². The molecule has 0 unspecified atom stereocenters. The van der Waals surface area contributed by atoms with Crippen LogP contribution in [0.2, 0.25) is 0 Å². The number of anilines is 3. The van der Waals surface area contributed by atoms with Crippen LogP contribution in [0.1, 0.15) is 49.9 Å². The van der Waals surface area contributed by atoms with Crippen molar-refractivity contribution in [2.24, 2.45) is 0 Å². The fourth-order valence-electron chi connectivity index (χ4n) is 10.2. The topological polar surface area (TPSA) is 29.5 Å². The van der Waals surface area contributed by atoms with Gasteiger partial charge in [-0.1, -0.05) is 131 Å². The molecule has 0 saturated heterocycles. The van der Waals surface area contributed by atoms with E-state index in [1.165, 1.54) is 44.5 Å². The predicted molar refractivity (Wildman–Crippen MR) is 228 cm³/mol. The van der Waals surface area contributed by atoms with E-state index in [2.05, 4.69) is 166 Å². The van der Waals surface area contributed by atoms with Crippen LogP contribution in [-0.2, 0) is 10.8 Å². The Morgan fingerprint density at radius 3 is 1.47 bits per heavy atom. The van der Waals surface area contributed by atoms with Gasteiger partial charge in [-0.3, -0.25) is 0 Å². The molecule has 10 aromatic rings. The summed E-state index contributed by atoms with van der Waals surface area (Å²) in [4.78, 5) is 2.47. The summed E-state index contributed by atoms with van der Waals surface area (Å²) in [6.45, 7) is 9.43. The van der Waals surface area contributed by atoms with Crippen LogP contribution in [0.25, 0.3) is 76.9 Å². The van der Waals surface area contributed by atoms with Crippen LogP contribution in [0.3, 0.4) is 0 Å². The lowest BCUT2D eigenvalue weighted by Crippen LogP contribution is -2.18. The Morgan fingerprint density at radius 1 is 0.364 bits per heavy atom. The van der Waals surface area contributed by atoms with Gasteiger partial charge in [0.05, 0.1) is 5.69 Å². The Kier molecular flexibility index (Phi) is 5.91. The molecule has 0 N–H and O–H groups in total. The normalized spacial score (nSPS) is 14.8. The molecule has 3 heteroatoms. The molecule has 0 spiro atoms. The van der Waals surface area contributed by atoms with Crippen molar-refractivity contribution in [3.63, 3.8) is 0 Å². The largest absolute Gasteiger partial charge is 0.456 e. The van der Waals surface area contributed by atoms with Crippen molar-refractivity contribution < 1.29 is 8.83 Å². The Bertz CT molecular complexity index is 3170. The van der Waals surface area contributed by atoms with Crippen molar-refractivity contribution in [2.45, 2.75) is 38.5 Å². The number of para-hydroxylation sites is 1. The van der Waals surface area contributed by atoms with Gasteiger partial charge in [-0.05, 0) is 92.4 Å². The molecule has 0 atom stereocenters. The van der Waals surface area contributed by atoms with Gasteiger partial charge in [0, 0.05) is 55.2 Å². The van der Waals surface area contributed by atoms with Crippen molar-refractivity contribution in [1.29, 1.82) is 0 Å². The van der Waals surface area contributed by atoms with Gasteiger partial charge in [0.15, 0.2) is 0 Å². The van der Waals surface area contributed by atoms with Crippen LogP contribution >= 0.6 is 0 Å². The minimum absolute atomic E-state index is 0.140. The molecule has 2 aliphatic rings. The van der Waals surface area contributed by atoms with Crippen LogP contribution < -0.4 is 4.90 Å². The molecular weight excluding hydrogens is 671 g/mol. The second kappa shape index (κ2) is 10.5. The SMILES string of the molecule is CC1(C)c2ccccc2-c2ccc(N(c3ccc4c(c3)C(C)(C)c3ccccc3-4)c3cc4oc5ccc6oc7ccccc7c6c5c4c4ccccc34)cc21. The average Bonchev–Trinajstić information content (AvgIpc) is 3.91. The molecule has 3 nitrogen and oxygen atoms in total. The van der Waals surface area contributed by atoms with Crippen LogP contribution in [0.5, 0.6) is 0 Å². The second-order valence-electron chi connectivity index (χ2n) is 16.5. The van der Waals surface area contributed by atoms with E-state index in [9.17, 15) is 0 Å². The molecule has 2 aromatic heterocycles. The van der Waals surface area contributed by atoms with Gasteiger partial charge >= 0.3 is 0 Å². The molecule has 2 heterocycles. The third-order valence-corrected chi connectivity index (χ3v) is 12.9. The average molecular weight is 708 g/mol. The molecule has 55 heavy (non-hydrogen) atoms. The van der Waals surface area contributed by atoms with E-state index < -0.39 is 0 Å². The first-order valence-electron chi connectivity index (χ1n) is 19.3. The molecule has 2 aliphatic carbocycles. The fraction of sp³-hybridized carbons (Fsp3) is 0.115. The van der Waals surface area contributed by atoms with Gasteiger partial charge in [0.1, 0.15) is 22.3 Å². The molecular formula is C52H37NO2. The molecule has 262 valence electrons. The summed E-state index contributed by atoms with van der Waals surface area (Å²) in [7, 11) is 0. The monoisotopic (exact) mass is 707 g/mol. The summed E-state index contributed by atoms with van der Waals surface area (Å²) >= 11 is 0. The van der Waals surface area contributed by atoms with E-state index in [-0.39, 0.29) is 10.8 Å². The summed E-state index contributed by atoms with van der Waals surface area (Å²) in [5.41, 5.74) is 17.2. The van der Waals surface area contributed by atoms with Crippen molar-refractivity contribution in [1.82, 2.24) is 0 Å². The molecule has 12 rings (SSSR count). The maximum absolute atomic E-state index is 6.88. The molecule has 8 aromatic carbocycles. The van der Waals surface area contributed by atoms with Gasteiger partial charge in [0.2, 0.25) is 0 Å². The molecule has 0 saturated carbocycles. The molecule has 0 aliphatic heterocycles. The third kappa shape index (κ3) is 4.00. The van der Waals surface area contributed by atoms with E-state index in [0.29, 0.717) is 0 Å². The minimum Gasteiger partial charge on any atom is -0.456 e. The maximum atomic E-state index is 6.88. The van der Waals surface area contributed by atoms with E-state index >= 15 is 0 Å². The quantitative estimate of drug-likeness (QED) is 0.183. The van der Waals surface area contributed by atoms with E-state index in [1.807, 2.05) is 18.2 Å². The lowest BCUT2D eigenvalue weighted by Gasteiger charge is -2.30. The van der Waals surface area contributed by atoms with Crippen molar-refractivity contribution >= 4 is 71.7 Å². The van der Waals surface area contributed by atoms with E-state index in [1.54, 1.807) is 0 Å². The minimum atomic E-state index is -0.140. The summed E-state index contributed by atoms with van der Waals surface area (Å²) in [5.74, 6) is 0. The molecule has 0 fully saturated rings. The first kappa shape index (κ1) is 30.8. The van der Waals surface area contributed by atoms with Crippen molar-refractivity contribution in [2.75, 3.05) is 4.90 Å². The summed E-state index contributed by atoms with van der Waals surface area (Å²) in [6, 6.07) is 55.4. The highest BCUT2D eigenvalue weighted by Crippen LogP contribution is 2.54. The maximum Gasteiger partial charge on any atom is 0.138 e. The van der Waals surface area contributed by atoms with Crippen LogP contribution in [0.4, 0.5) is 17.1 Å². The van der Waals surface area contributed by atoms with Crippen molar-refractivity contribution in [3.05, 3.63) is 174 Å². The second-order valence-corrected chi connectivity index (χ2v) is 16.5. The summed E-state index contributed by atoms with van der Waals surface area (Å²) < 4.78 is 13.3. The predicted octanol–water partition coefficient (Wildman–Crippen LogP) is 14.7. The van der Waals surface area contributed by atoms with Gasteiger partial charge in [0.25, 0.3) is 0 Å². The number of hydrogen-bond acceptors (Lipinski definition) is 3. The first-order chi connectivity index (χ1) is 26.8.